The van der Waals surface area contributed by atoms with Crippen LogP contribution in [0.15, 0.2) is 54.7 Å². The lowest BCUT2D eigenvalue weighted by molar-refractivity contribution is -0.120. The number of fused-ring (bicyclic) bond motifs is 3. The smallest absolute Gasteiger partial charge is 0.251 e. The maximum Gasteiger partial charge on any atom is 0.251 e. The quantitative estimate of drug-likeness (QED) is 0.500. The Balaban J connectivity index is 1.05. The summed E-state index contributed by atoms with van der Waals surface area (Å²) in [4.78, 5) is 30.3. The van der Waals surface area contributed by atoms with Crippen molar-refractivity contribution < 1.29 is 18.4 Å². The number of halogens is 2. The van der Waals surface area contributed by atoms with Crippen LogP contribution in [0.5, 0.6) is 0 Å². The number of pyridine rings is 1. The molecule has 1 atom stereocenters. The highest BCUT2D eigenvalue weighted by molar-refractivity contribution is 6.06. The number of anilines is 1. The molecular weight excluding hydrogens is 472 g/mol. The molecule has 7 heteroatoms. The fourth-order valence-corrected chi connectivity index (χ4v) is 6.37. The van der Waals surface area contributed by atoms with Crippen molar-refractivity contribution >= 4 is 17.6 Å². The zero-order chi connectivity index (χ0) is 25.6. The molecule has 5 nitrogen and oxygen atoms in total. The van der Waals surface area contributed by atoms with Crippen LogP contribution in [0.3, 0.4) is 0 Å². The number of aryl methyl sites for hydroxylation is 1. The Hall–Kier alpha value is -3.61. The number of hydrogen-bond donors (Lipinski definition) is 2. The highest BCUT2D eigenvalue weighted by Gasteiger charge is 2.51. The topological polar surface area (TPSA) is 71.1 Å². The summed E-state index contributed by atoms with van der Waals surface area (Å²) >= 11 is 0. The third kappa shape index (κ3) is 4.30. The second-order valence-corrected chi connectivity index (χ2v) is 10.7. The van der Waals surface area contributed by atoms with Crippen LogP contribution in [-0.2, 0) is 29.5 Å². The molecule has 0 radical (unpaired) electrons. The van der Waals surface area contributed by atoms with Crippen molar-refractivity contribution in [2.45, 2.75) is 62.8 Å². The minimum absolute atomic E-state index is 0.0275. The average Bonchev–Trinajstić information content (AvgIpc) is 3.42. The van der Waals surface area contributed by atoms with E-state index in [1.807, 2.05) is 30.3 Å². The molecule has 190 valence electrons. The Morgan fingerprint density at radius 1 is 1.03 bits per heavy atom. The summed E-state index contributed by atoms with van der Waals surface area (Å²) in [6.07, 6.45) is 7.86. The standard InChI is InChI=1S/C30H29F2N3O2/c31-25-5-1-3-19(26(25)32)9-6-18-7-12-23(13-8-18)34-28(36)20-10-11-21-16-30(17-22(21)15-20)24-4-2-14-33-27(24)35-29(30)37/h1-5,10-11,14-15,18,23H,6-9,12-13,16-17H2,(H,34,36)(H,33,35,37). The largest absolute Gasteiger partial charge is 0.349 e. The molecule has 37 heavy (non-hydrogen) atoms. The van der Waals surface area contributed by atoms with Gasteiger partial charge in [-0.15, -0.1) is 0 Å². The fourth-order valence-electron chi connectivity index (χ4n) is 6.37. The third-order valence-electron chi connectivity index (χ3n) is 8.48. The number of carbonyl (C=O) groups excluding carboxylic acids is 2. The number of benzene rings is 2. The molecular formula is C30H29F2N3O2. The molecule has 1 fully saturated rings. The highest BCUT2D eigenvalue weighted by Crippen LogP contribution is 2.46. The van der Waals surface area contributed by atoms with E-state index in [1.54, 1.807) is 18.3 Å². The number of nitrogens with zero attached hydrogens (tertiary/aromatic N) is 1. The second kappa shape index (κ2) is 9.36. The van der Waals surface area contributed by atoms with Gasteiger partial charge in [0.05, 0.1) is 5.41 Å². The minimum atomic E-state index is -0.793. The molecule has 1 saturated carbocycles. The molecule has 3 aromatic rings. The molecule has 2 amide bonds. The lowest BCUT2D eigenvalue weighted by atomic mass is 9.79. The number of nitrogens with one attached hydrogen (secondary N) is 2. The van der Waals surface area contributed by atoms with Gasteiger partial charge in [-0.25, -0.2) is 13.8 Å². The fraction of sp³-hybridized carbons (Fsp3) is 0.367. The highest BCUT2D eigenvalue weighted by atomic mass is 19.2. The summed E-state index contributed by atoms with van der Waals surface area (Å²) < 4.78 is 27.4. The van der Waals surface area contributed by atoms with E-state index in [-0.39, 0.29) is 17.9 Å². The minimum Gasteiger partial charge on any atom is -0.349 e. The molecule has 2 aromatic carbocycles. The van der Waals surface area contributed by atoms with E-state index in [1.165, 1.54) is 0 Å². The Kier molecular flexibility index (Phi) is 6.01. The molecule has 0 saturated heterocycles. The summed E-state index contributed by atoms with van der Waals surface area (Å²) in [5.41, 5.74) is 3.46. The van der Waals surface area contributed by atoms with Crippen LogP contribution in [0.25, 0.3) is 0 Å². The summed E-state index contributed by atoms with van der Waals surface area (Å²) in [5, 5.41) is 6.10. The Labute approximate surface area is 214 Å². The molecule has 1 aromatic heterocycles. The number of rotatable bonds is 5. The van der Waals surface area contributed by atoms with E-state index in [9.17, 15) is 18.4 Å². The van der Waals surface area contributed by atoms with Crippen LogP contribution >= 0.6 is 0 Å². The van der Waals surface area contributed by atoms with Crippen molar-refractivity contribution in [3.63, 3.8) is 0 Å². The summed E-state index contributed by atoms with van der Waals surface area (Å²) in [7, 11) is 0. The third-order valence-corrected chi connectivity index (χ3v) is 8.48. The normalized spacial score (nSPS) is 24.0. The zero-order valence-corrected chi connectivity index (χ0v) is 20.5. The van der Waals surface area contributed by atoms with E-state index >= 15 is 0 Å². The summed E-state index contributed by atoms with van der Waals surface area (Å²) in [6, 6.07) is 14.0. The molecule has 2 N–H and O–H groups in total. The van der Waals surface area contributed by atoms with Crippen molar-refractivity contribution in [3.05, 3.63) is 94.2 Å². The van der Waals surface area contributed by atoms with Crippen LogP contribution in [0, 0.1) is 17.6 Å². The monoisotopic (exact) mass is 501 g/mol. The Morgan fingerprint density at radius 2 is 1.84 bits per heavy atom. The van der Waals surface area contributed by atoms with Crippen molar-refractivity contribution in [3.8, 4) is 0 Å². The molecule has 2 heterocycles. The lowest BCUT2D eigenvalue weighted by Crippen LogP contribution is -2.37. The molecule has 3 aliphatic rings. The van der Waals surface area contributed by atoms with Gasteiger partial charge in [-0.05, 0) is 98.2 Å². The summed E-state index contributed by atoms with van der Waals surface area (Å²) in [5.74, 6) is -0.568. The van der Waals surface area contributed by atoms with E-state index < -0.39 is 17.0 Å². The van der Waals surface area contributed by atoms with Crippen molar-refractivity contribution in [1.82, 2.24) is 10.3 Å². The zero-order valence-electron chi connectivity index (χ0n) is 20.5. The van der Waals surface area contributed by atoms with Gasteiger partial charge in [-0.2, -0.15) is 0 Å². The van der Waals surface area contributed by atoms with Gasteiger partial charge < -0.3 is 10.6 Å². The average molecular weight is 502 g/mol. The molecule has 1 unspecified atom stereocenters. The molecule has 6 rings (SSSR count). The van der Waals surface area contributed by atoms with Crippen LogP contribution < -0.4 is 10.6 Å². The van der Waals surface area contributed by atoms with E-state index in [0.29, 0.717) is 42.1 Å². The predicted octanol–water partition coefficient (Wildman–Crippen LogP) is 5.27. The number of amides is 2. The number of hydrogen-bond acceptors (Lipinski definition) is 3. The van der Waals surface area contributed by atoms with E-state index in [2.05, 4.69) is 15.6 Å². The van der Waals surface area contributed by atoms with Gasteiger partial charge in [0.25, 0.3) is 5.91 Å². The maximum atomic E-state index is 13.9. The van der Waals surface area contributed by atoms with Gasteiger partial charge in [-0.3, -0.25) is 9.59 Å². The van der Waals surface area contributed by atoms with Gasteiger partial charge in [0.2, 0.25) is 5.91 Å². The van der Waals surface area contributed by atoms with Crippen LogP contribution in [0.2, 0.25) is 0 Å². The van der Waals surface area contributed by atoms with E-state index in [0.717, 1.165) is 54.9 Å². The van der Waals surface area contributed by atoms with Crippen molar-refractivity contribution in [2.75, 3.05) is 5.32 Å². The van der Waals surface area contributed by atoms with Crippen LogP contribution in [0.1, 0.15) is 64.7 Å². The first-order valence-corrected chi connectivity index (χ1v) is 13.1. The maximum absolute atomic E-state index is 13.9. The van der Waals surface area contributed by atoms with Gasteiger partial charge in [0, 0.05) is 23.4 Å². The SMILES string of the molecule is O=C(NC1CCC(CCc2cccc(F)c2F)CC1)c1ccc2c(c1)CC1(C2)C(=O)Nc2ncccc21. The first-order chi connectivity index (χ1) is 17.9. The predicted molar refractivity (Wildman–Crippen MR) is 136 cm³/mol. The molecule has 1 aliphatic heterocycles. The van der Waals surface area contributed by atoms with E-state index in [4.69, 9.17) is 0 Å². The Bertz CT molecular complexity index is 1380. The van der Waals surface area contributed by atoms with Gasteiger partial charge in [0.15, 0.2) is 11.6 Å². The second-order valence-electron chi connectivity index (χ2n) is 10.7. The van der Waals surface area contributed by atoms with Crippen LogP contribution in [0.4, 0.5) is 14.6 Å². The lowest BCUT2D eigenvalue weighted by Gasteiger charge is -2.29. The van der Waals surface area contributed by atoms with Crippen molar-refractivity contribution in [2.24, 2.45) is 5.92 Å². The number of carbonyl (C=O) groups is 2. The molecule has 1 spiro atoms. The molecule has 0 bridgehead atoms. The van der Waals surface area contributed by atoms with Crippen molar-refractivity contribution in [1.29, 1.82) is 0 Å². The Morgan fingerprint density at radius 3 is 2.68 bits per heavy atom. The number of aromatic nitrogens is 1. The van der Waals surface area contributed by atoms with Crippen LogP contribution in [-0.4, -0.2) is 22.8 Å². The van der Waals surface area contributed by atoms with Gasteiger partial charge >= 0.3 is 0 Å². The molecule has 2 aliphatic carbocycles. The summed E-state index contributed by atoms with van der Waals surface area (Å²) in [6.45, 7) is 0. The van der Waals surface area contributed by atoms with Gasteiger partial charge in [-0.1, -0.05) is 24.3 Å². The van der Waals surface area contributed by atoms with Gasteiger partial charge in [0.1, 0.15) is 5.82 Å². The first kappa shape index (κ1) is 23.8. The first-order valence-electron chi connectivity index (χ1n) is 13.1.